The van der Waals surface area contributed by atoms with Crippen LogP contribution in [0.25, 0.3) is 0 Å². The molecular weight excluding hydrogens is 407 g/mol. The number of hydrogen-bond donors (Lipinski definition) is 1. The summed E-state index contributed by atoms with van der Waals surface area (Å²) in [5, 5.41) is 0.140. The molecule has 6 nitrogen and oxygen atoms in total. The number of ether oxygens (including phenoxy) is 2. The fraction of sp³-hybridized carbons (Fsp3) is 0.368. The topological polar surface area (TPSA) is 67.9 Å². The molecule has 2 aromatic carbocycles. The Balaban J connectivity index is 1.82. The number of benzene rings is 2. The van der Waals surface area contributed by atoms with Crippen LogP contribution in [-0.2, 0) is 14.8 Å². The van der Waals surface area contributed by atoms with Gasteiger partial charge in [-0.1, -0.05) is 23.7 Å². The zero-order valence-corrected chi connectivity index (χ0v) is 17.0. The third kappa shape index (κ3) is 5.01. The lowest BCUT2D eigenvalue weighted by atomic mass is 10.0. The van der Waals surface area contributed by atoms with Gasteiger partial charge in [-0.3, -0.25) is 4.90 Å². The molecule has 9 heteroatoms. The molecule has 28 heavy (non-hydrogen) atoms. The molecule has 0 aromatic heterocycles. The van der Waals surface area contributed by atoms with Gasteiger partial charge in [0.15, 0.2) is 0 Å². The van der Waals surface area contributed by atoms with E-state index in [1.54, 1.807) is 7.11 Å². The first-order chi connectivity index (χ1) is 13.4. The standard InChI is InChI=1S/C19H22ClFN2O4S/c1-26-16-5-2-14(3-6-16)18(23-8-10-27-11-9-23)13-22-28(24,25)19-7-4-15(20)12-17(19)21/h2-7,12,18,22H,8-11,13H2,1H3. The first-order valence-electron chi connectivity index (χ1n) is 8.81. The van der Waals surface area contributed by atoms with Crippen LogP contribution in [0.2, 0.25) is 5.02 Å². The molecule has 0 spiro atoms. The molecule has 2 aromatic rings. The van der Waals surface area contributed by atoms with Gasteiger partial charge in [0.05, 0.1) is 20.3 Å². The van der Waals surface area contributed by atoms with Crippen molar-refractivity contribution in [3.63, 3.8) is 0 Å². The maximum atomic E-state index is 14.1. The van der Waals surface area contributed by atoms with Crippen LogP contribution in [0.1, 0.15) is 11.6 Å². The van der Waals surface area contributed by atoms with Crippen molar-refractivity contribution in [3.05, 3.63) is 58.9 Å². The monoisotopic (exact) mass is 428 g/mol. The number of hydrogen-bond acceptors (Lipinski definition) is 5. The van der Waals surface area contributed by atoms with Crippen LogP contribution in [0.4, 0.5) is 4.39 Å². The van der Waals surface area contributed by atoms with Crippen molar-refractivity contribution in [3.8, 4) is 5.75 Å². The van der Waals surface area contributed by atoms with Crippen LogP contribution in [0.15, 0.2) is 47.4 Å². The lowest BCUT2D eigenvalue weighted by molar-refractivity contribution is 0.0172. The Labute approximate surface area is 169 Å². The predicted molar refractivity (Wildman–Crippen MR) is 105 cm³/mol. The lowest BCUT2D eigenvalue weighted by Gasteiger charge is -2.35. The lowest BCUT2D eigenvalue weighted by Crippen LogP contribution is -2.43. The third-order valence-electron chi connectivity index (χ3n) is 4.64. The summed E-state index contributed by atoms with van der Waals surface area (Å²) in [6, 6.07) is 10.7. The average molecular weight is 429 g/mol. The number of morpholine rings is 1. The van der Waals surface area contributed by atoms with Crippen molar-refractivity contribution in [2.75, 3.05) is 40.0 Å². The van der Waals surface area contributed by atoms with Crippen LogP contribution in [0.5, 0.6) is 5.75 Å². The number of nitrogens with zero attached hydrogens (tertiary/aromatic N) is 1. The van der Waals surface area contributed by atoms with Crippen molar-refractivity contribution in [2.45, 2.75) is 10.9 Å². The van der Waals surface area contributed by atoms with Gasteiger partial charge in [0.2, 0.25) is 10.0 Å². The van der Waals surface area contributed by atoms with Crippen molar-refractivity contribution >= 4 is 21.6 Å². The van der Waals surface area contributed by atoms with E-state index in [1.165, 1.54) is 6.07 Å². The minimum Gasteiger partial charge on any atom is -0.497 e. The van der Waals surface area contributed by atoms with Crippen molar-refractivity contribution in [2.24, 2.45) is 0 Å². The number of sulfonamides is 1. The third-order valence-corrected chi connectivity index (χ3v) is 6.33. The first-order valence-corrected chi connectivity index (χ1v) is 10.7. The second-order valence-corrected chi connectivity index (χ2v) is 8.54. The zero-order valence-electron chi connectivity index (χ0n) is 15.4. The van der Waals surface area contributed by atoms with Gasteiger partial charge in [0.25, 0.3) is 0 Å². The van der Waals surface area contributed by atoms with E-state index < -0.39 is 20.7 Å². The maximum absolute atomic E-state index is 14.1. The molecule has 1 heterocycles. The molecule has 0 bridgehead atoms. The van der Waals surface area contributed by atoms with Crippen LogP contribution in [0.3, 0.4) is 0 Å². The smallest absolute Gasteiger partial charge is 0.243 e. The second-order valence-electron chi connectivity index (χ2n) is 6.36. The zero-order chi connectivity index (χ0) is 20.1. The van der Waals surface area contributed by atoms with Gasteiger partial charge in [0.1, 0.15) is 16.5 Å². The molecule has 1 fully saturated rings. The summed E-state index contributed by atoms with van der Waals surface area (Å²) in [6.45, 7) is 2.59. The molecule has 3 rings (SSSR count). The molecule has 0 saturated carbocycles. The Morgan fingerprint density at radius 1 is 1.21 bits per heavy atom. The quantitative estimate of drug-likeness (QED) is 0.734. The van der Waals surface area contributed by atoms with Gasteiger partial charge in [0, 0.05) is 30.7 Å². The average Bonchev–Trinajstić information content (AvgIpc) is 2.69. The normalized spacial score (nSPS) is 16.7. The van der Waals surface area contributed by atoms with Gasteiger partial charge in [-0.25, -0.2) is 17.5 Å². The largest absolute Gasteiger partial charge is 0.497 e. The van der Waals surface area contributed by atoms with E-state index in [-0.39, 0.29) is 17.6 Å². The fourth-order valence-electron chi connectivity index (χ4n) is 3.13. The van der Waals surface area contributed by atoms with Gasteiger partial charge in [-0.15, -0.1) is 0 Å². The fourth-order valence-corrected chi connectivity index (χ4v) is 4.39. The molecule has 1 aliphatic heterocycles. The highest BCUT2D eigenvalue weighted by Gasteiger charge is 2.26. The van der Waals surface area contributed by atoms with Crippen LogP contribution in [-0.4, -0.2) is 53.3 Å². The van der Waals surface area contributed by atoms with E-state index in [2.05, 4.69) is 9.62 Å². The molecule has 1 saturated heterocycles. The van der Waals surface area contributed by atoms with Crippen LogP contribution >= 0.6 is 11.6 Å². The van der Waals surface area contributed by atoms with E-state index in [1.807, 2.05) is 24.3 Å². The van der Waals surface area contributed by atoms with Crippen LogP contribution < -0.4 is 9.46 Å². The number of halogens is 2. The summed E-state index contributed by atoms with van der Waals surface area (Å²) in [5.41, 5.74) is 0.932. The molecule has 1 atom stereocenters. The number of nitrogens with one attached hydrogen (secondary N) is 1. The summed E-state index contributed by atoms with van der Waals surface area (Å²) in [4.78, 5) is 1.72. The maximum Gasteiger partial charge on any atom is 0.243 e. The van der Waals surface area contributed by atoms with E-state index in [4.69, 9.17) is 21.1 Å². The van der Waals surface area contributed by atoms with Crippen molar-refractivity contribution in [1.82, 2.24) is 9.62 Å². The molecule has 1 unspecified atom stereocenters. The predicted octanol–water partition coefficient (Wildman–Crippen LogP) is 2.84. The summed E-state index contributed by atoms with van der Waals surface area (Å²) >= 11 is 5.72. The molecule has 0 amide bonds. The van der Waals surface area contributed by atoms with Gasteiger partial charge >= 0.3 is 0 Å². The number of rotatable bonds is 7. The highest BCUT2D eigenvalue weighted by molar-refractivity contribution is 7.89. The Hall–Kier alpha value is -1.71. The summed E-state index contributed by atoms with van der Waals surface area (Å²) in [7, 11) is -2.44. The van der Waals surface area contributed by atoms with E-state index in [0.29, 0.717) is 32.1 Å². The SMILES string of the molecule is COc1ccc(C(CNS(=O)(=O)c2ccc(Cl)cc2F)N2CCOCC2)cc1. The van der Waals surface area contributed by atoms with Gasteiger partial charge in [-0.2, -0.15) is 0 Å². The molecule has 1 N–H and O–H groups in total. The minimum atomic E-state index is -4.03. The minimum absolute atomic E-state index is 0.0940. The molecule has 1 aliphatic rings. The van der Waals surface area contributed by atoms with Gasteiger partial charge in [-0.05, 0) is 35.9 Å². The Kier molecular flexibility index (Phi) is 6.90. The summed E-state index contributed by atoms with van der Waals surface area (Å²) < 4.78 is 52.5. The van der Waals surface area contributed by atoms with Crippen LogP contribution in [0, 0.1) is 5.82 Å². The van der Waals surface area contributed by atoms with Crippen molar-refractivity contribution in [1.29, 1.82) is 0 Å². The van der Waals surface area contributed by atoms with Gasteiger partial charge < -0.3 is 9.47 Å². The van der Waals surface area contributed by atoms with E-state index in [9.17, 15) is 12.8 Å². The molecule has 152 valence electrons. The van der Waals surface area contributed by atoms with E-state index >= 15 is 0 Å². The first kappa shape index (κ1) is 21.0. The molecule has 0 aliphatic carbocycles. The Morgan fingerprint density at radius 3 is 2.50 bits per heavy atom. The molecular formula is C19H22ClFN2O4S. The Morgan fingerprint density at radius 2 is 1.89 bits per heavy atom. The van der Waals surface area contributed by atoms with E-state index in [0.717, 1.165) is 17.7 Å². The molecule has 0 radical (unpaired) electrons. The van der Waals surface area contributed by atoms with Crippen molar-refractivity contribution < 1.29 is 22.3 Å². The second kappa shape index (κ2) is 9.19. The highest BCUT2D eigenvalue weighted by Crippen LogP contribution is 2.25. The Bertz CT molecular complexity index is 903. The highest BCUT2D eigenvalue weighted by atomic mass is 35.5. The number of methoxy groups -OCH3 is 1. The summed E-state index contributed by atoms with van der Waals surface area (Å²) in [5.74, 6) is -0.166. The summed E-state index contributed by atoms with van der Waals surface area (Å²) in [6.07, 6.45) is 0.